The van der Waals surface area contributed by atoms with E-state index in [0.29, 0.717) is 17.9 Å². The number of nitrogens with zero attached hydrogens (tertiary/aromatic N) is 1. The molecule has 20 heavy (non-hydrogen) atoms. The molecule has 3 atom stereocenters. The van der Waals surface area contributed by atoms with E-state index in [-0.39, 0.29) is 5.91 Å². The molecule has 0 spiro atoms. The first-order valence-electron chi connectivity index (χ1n) is 7.40. The molecule has 0 saturated carbocycles. The molecule has 0 radical (unpaired) electrons. The van der Waals surface area contributed by atoms with Crippen molar-refractivity contribution in [2.75, 3.05) is 26.7 Å². The van der Waals surface area contributed by atoms with Crippen LogP contribution in [0.15, 0.2) is 24.3 Å². The van der Waals surface area contributed by atoms with Gasteiger partial charge in [0.15, 0.2) is 0 Å². The second-order valence-corrected chi connectivity index (χ2v) is 5.75. The van der Waals surface area contributed by atoms with Gasteiger partial charge >= 0.3 is 0 Å². The van der Waals surface area contributed by atoms with Crippen molar-refractivity contribution in [2.24, 2.45) is 11.8 Å². The molecule has 0 aliphatic carbocycles. The SMILES string of the molecule is CCC1C2CNCC2CN1C(=O)c1cccc(OC)c1. The van der Waals surface area contributed by atoms with Crippen LogP contribution in [0.25, 0.3) is 0 Å². The molecule has 1 N–H and O–H groups in total. The minimum Gasteiger partial charge on any atom is -0.497 e. The van der Waals surface area contributed by atoms with Gasteiger partial charge in [0, 0.05) is 31.2 Å². The van der Waals surface area contributed by atoms with Crippen LogP contribution in [0.5, 0.6) is 5.75 Å². The van der Waals surface area contributed by atoms with E-state index in [1.54, 1.807) is 7.11 Å². The van der Waals surface area contributed by atoms with E-state index >= 15 is 0 Å². The topological polar surface area (TPSA) is 41.6 Å². The maximum atomic E-state index is 12.8. The number of carbonyl (C=O) groups is 1. The molecule has 2 aliphatic rings. The average molecular weight is 274 g/mol. The fourth-order valence-electron chi connectivity index (χ4n) is 3.70. The lowest BCUT2D eigenvalue weighted by Gasteiger charge is -2.27. The monoisotopic (exact) mass is 274 g/mol. The van der Waals surface area contributed by atoms with E-state index in [1.165, 1.54) is 0 Å². The summed E-state index contributed by atoms with van der Waals surface area (Å²) in [5.74, 6) is 2.12. The van der Waals surface area contributed by atoms with E-state index in [9.17, 15) is 4.79 Å². The molecule has 4 nitrogen and oxygen atoms in total. The molecule has 1 aromatic carbocycles. The Kier molecular flexibility index (Phi) is 3.66. The fourth-order valence-corrected chi connectivity index (χ4v) is 3.70. The number of amides is 1. The van der Waals surface area contributed by atoms with Crippen molar-refractivity contribution in [3.05, 3.63) is 29.8 Å². The van der Waals surface area contributed by atoms with Gasteiger partial charge < -0.3 is 15.0 Å². The number of fused-ring (bicyclic) bond motifs is 1. The molecule has 2 saturated heterocycles. The Bertz CT molecular complexity index is 503. The summed E-state index contributed by atoms with van der Waals surface area (Å²) in [5, 5.41) is 3.45. The Morgan fingerprint density at radius 3 is 3.05 bits per heavy atom. The van der Waals surface area contributed by atoms with Crippen molar-refractivity contribution < 1.29 is 9.53 Å². The van der Waals surface area contributed by atoms with Crippen molar-refractivity contribution in [2.45, 2.75) is 19.4 Å². The highest BCUT2D eigenvalue weighted by molar-refractivity contribution is 5.95. The summed E-state index contributed by atoms with van der Waals surface area (Å²) < 4.78 is 5.21. The summed E-state index contributed by atoms with van der Waals surface area (Å²) in [6.45, 7) is 5.15. The number of carbonyl (C=O) groups excluding carboxylic acids is 1. The van der Waals surface area contributed by atoms with Crippen molar-refractivity contribution in [3.63, 3.8) is 0 Å². The van der Waals surface area contributed by atoms with E-state index in [0.717, 1.165) is 37.4 Å². The van der Waals surface area contributed by atoms with Gasteiger partial charge in [0.25, 0.3) is 5.91 Å². The van der Waals surface area contributed by atoms with Crippen LogP contribution in [-0.2, 0) is 0 Å². The predicted molar refractivity (Wildman–Crippen MR) is 78.0 cm³/mol. The predicted octanol–water partition coefficient (Wildman–Crippen LogP) is 1.77. The molecule has 0 aromatic heterocycles. The van der Waals surface area contributed by atoms with E-state index < -0.39 is 0 Å². The Morgan fingerprint density at radius 1 is 1.45 bits per heavy atom. The zero-order chi connectivity index (χ0) is 14.1. The zero-order valence-corrected chi connectivity index (χ0v) is 12.1. The molecule has 3 unspecified atom stereocenters. The first-order chi connectivity index (χ1) is 9.74. The molecule has 1 aromatic rings. The molecule has 1 amide bonds. The molecule has 2 fully saturated rings. The van der Waals surface area contributed by atoms with E-state index in [2.05, 4.69) is 17.1 Å². The van der Waals surface area contributed by atoms with Gasteiger partial charge in [-0.15, -0.1) is 0 Å². The quantitative estimate of drug-likeness (QED) is 0.913. The van der Waals surface area contributed by atoms with Gasteiger partial charge in [-0.3, -0.25) is 4.79 Å². The highest BCUT2D eigenvalue weighted by Crippen LogP contribution is 2.35. The summed E-state index contributed by atoms with van der Waals surface area (Å²) in [6, 6.07) is 7.83. The normalized spacial score (nSPS) is 28.5. The molecule has 4 heteroatoms. The molecular formula is C16H22N2O2. The summed E-state index contributed by atoms with van der Waals surface area (Å²) in [7, 11) is 1.63. The van der Waals surface area contributed by atoms with Crippen LogP contribution in [0, 0.1) is 11.8 Å². The largest absolute Gasteiger partial charge is 0.497 e. The maximum Gasteiger partial charge on any atom is 0.254 e. The molecule has 2 aliphatic heterocycles. The number of hydrogen-bond acceptors (Lipinski definition) is 3. The van der Waals surface area contributed by atoms with Crippen molar-refractivity contribution in [1.29, 1.82) is 0 Å². The number of ether oxygens (including phenoxy) is 1. The van der Waals surface area contributed by atoms with Gasteiger partial charge in [-0.25, -0.2) is 0 Å². The van der Waals surface area contributed by atoms with Gasteiger partial charge in [-0.2, -0.15) is 0 Å². The van der Waals surface area contributed by atoms with Crippen LogP contribution in [0.1, 0.15) is 23.7 Å². The standard InChI is InChI=1S/C16H22N2O2/c1-3-15-14-9-17-8-12(14)10-18(15)16(19)11-5-4-6-13(7-11)20-2/h4-7,12,14-15,17H,3,8-10H2,1-2H3. The Balaban J connectivity index is 1.82. The third-order valence-corrected chi connectivity index (χ3v) is 4.71. The third kappa shape index (κ3) is 2.18. The van der Waals surface area contributed by atoms with Crippen LogP contribution < -0.4 is 10.1 Å². The van der Waals surface area contributed by atoms with Crippen LogP contribution in [-0.4, -0.2) is 43.6 Å². The van der Waals surface area contributed by atoms with Crippen molar-refractivity contribution in [3.8, 4) is 5.75 Å². The number of hydrogen-bond donors (Lipinski definition) is 1. The highest BCUT2D eigenvalue weighted by atomic mass is 16.5. The average Bonchev–Trinajstić information content (AvgIpc) is 3.06. The second kappa shape index (κ2) is 5.44. The highest BCUT2D eigenvalue weighted by Gasteiger charge is 2.45. The lowest BCUT2D eigenvalue weighted by Crippen LogP contribution is -2.39. The number of rotatable bonds is 3. The van der Waals surface area contributed by atoms with Crippen LogP contribution in [0.2, 0.25) is 0 Å². The van der Waals surface area contributed by atoms with Crippen LogP contribution in [0.4, 0.5) is 0 Å². The Morgan fingerprint density at radius 2 is 2.30 bits per heavy atom. The van der Waals surface area contributed by atoms with Crippen molar-refractivity contribution in [1.82, 2.24) is 10.2 Å². The Labute approximate surface area is 120 Å². The second-order valence-electron chi connectivity index (χ2n) is 5.75. The summed E-state index contributed by atoms with van der Waals surface area (Å²) in [4.78, 5) is 14.8. The fraction of sp³-hybridized carbons (Fsp3) is 0.562. The molecule has 3 rings (SSSR count). The molecule has 108 valence electrons. The minimum atomic E-state index is 0.144. The maximum absolute atomic E-state index is 12.8. The first kappa shape index (κ1) is 13.4. The molecule has 2 heterocycles. The Hall–Kier alpha value is -1.55. The first-order valence-corrected chi connectivity index (χ1v) is 7.40. The third-order valence-electron chi connectivity index (χ3n) is 4.71. The zero-order valence-electron chi connectivity index (χ0n) is 12.1. The van der Waals surface area contributed by atoms with Crippen LogP contribution in [0.3, 0.4) is 0 Å². The smallest absolute Gasteiger partial charge is 0.254 e. The van der Waals surface area contributed by atoms with E-state index in [1.807, 2.05) is 24.3 Å². The molecular weight excluding hydrogens is 252 g/mol. The number of likely N-dealkylation sites (tertiary alicyclic amines) is 1. The van der Waals surface area contributed by atoms with Gasteiger partial charge in [0.1, 0.15) is 5.75 Å². The van der Waals surface area contributed by atoms with Crippen LogP contribution >= 0.6 is 0 Å². The molecule has 0 bridgehead atoms. The van der Waals surface area contributed by atoms with Crippen molar-refractivity contribution >= 4 is 5.91 Å². The lowest BCUT2D eigenvalue weighted by molar-refractivity contribution is 0.0711. The number of nitrogens with one attached hydrogen (secondary N) is 1. The summed E-state index contributed by atoms with van der Waals surface area (Å²) >= 11 is 0. The number of benzene rings is 1. The van der Waals surface area contributed by atoms with E-state index in [4.69, 9.17) is 4.74 Å². The minimum absolute atomic E-state index is 0.144. The summed E-state index contributed by atoms with van der Waals surface area (Å²) in [6.07, 6.45) is 1.03. The van der Waals surface area contributed by atoms with Gasteiger partial charge in [0.2, 0.25) is 0 Å². The van der Waals surface area contributed by atoms with Gasteiger partial charge in [-0.1, -0.05) is 13.0 Å². The van der Waals surface area contributed by atoms with Gasteiger partial charge in [-0.05, 0) is 36.5 Å². The summed E-state index contributed by atoms with van der Waals surface area (Å²) in [5.41, 5.74) is 0.732. The van der Waals surface area contributed by atoms with Gasteiger partial charge in [0.05, 0.1) is 7.11 Å². The lowest BCUT2D eigenvalue weighted by atomic mass is 9.93. The number of methoxy groups -OCH3 is 1.